The van der Waals surface area contributed by atoms with Crippen LogP contribution in [0, 0.1) is 0 Å². The lowest BCUT2D eigenvalue weighted by atomic mass is 10.0. The molecule has 0 aliphatic carbocycles. The summed E-state index contributed by atoms with van der Waals surface area (Å²) >= 11 is 1.77. The fourth-order valence-electron chi connectivity index (χ4n) is 3.47. The molecule has 0 unspecified atom stereocenters. The molecule has 25 heavy (non-hydrogen) atoms. The average Bonchev–Trinajstić information content (AvgIpc) is 3.32. The van der Waals surface area contributed by atoms with E-state index in [-0.39, 0.29) is 18.0 Å². The largest absolute Gasteiger partial charge is 0.459 e. The van der Waals surface area contributed by atoms with Gasteiger partial charge in [-0.2, -0.15) is 0 Å². The molecule has 2 aliphatic rings. The Morgan fingerprint density at radius 2 is 2.00 bits per heavy atom. The molecule has 1 saturated heterocycles. The second kappa shape index (κ2) is 6.92. The van der Waals surface area contributed by atoms with Gasteiger partial charge in [0.15, 0.2) is 5.76 Å². The first-order valence-corrected chi connectivity index (χ1v) is 9.52. The summed E-state index contributed by atoms with van der Waals surface area (Å²) in [6.07, 6.45) is 4.00. The number of carbonyl (C=O) groups is 2. The van der Waals surface area contributed by atoms with Gasteiger partial charge >= 0.3 is 6.03 Å². The Balaban J connectivity index is 1.27. The van der Waals surface area contributed by atoms with Crippen LogP contribution in [0.4, 0.5) is 4.79 Å². The van der Waals surface area contributed by atoms with Gasteiger partial charge in [-0.3, -0.25) is 4.79 Å². The summed E-state index contributed by atoms with van der Waals surface area (Å²) in [7, 11) is 0. The van der Waals surface area contributed by atoms with Crippen LogP contribution in [0.25, 0.3) is 0 Å². The van der Waals surface area contributed by atoms with Crippen LogP contribution < -0.4 is 5.32 Å². The van der Waals surface area contributed by atoms with Crippen LogP contribution in [0.5, 0.6) is 0 Å². The number of hydrogen-bond acceptors (Lipinski definition) is 4. The van der Waals surface area contributed by atoms with Crippen molar-refractivity contribution in [3.8, 4) is 0 Å². The molecular formula is C18H21N3O3S. The number of hydrogen-bond donors (Lipinski definition) is 1. The minimum absolute atomic E-state index is 0.00709. The molecular weight excluding hydrogens is 338 g/mol. The summed E-state index contributed by atoms with van der Waals surface area (Å²) in [5.41, 5.74) is 1.27. The molecule has 4 heterocycles. The fraction of sp³-hybridized carbons (Fsp3) is 0.444. The third-order valence-electron chi connectivity index (χ3n) is 4.94. The molecule has 0 atom stereocenters. The summed E-state index contributed by atoms with van der Waals surface area (Å²) in [6.45, 7) is 2.74. The number of amides is 3. The third-order valence-corrected chi connectivity index (χ3v) is 5.96. The Morgan fingerprint density at radius 1 is 1.16 bits per heavy atom. The Bertz CT molecular complexity index is 747. The van der Waals surface area contributed by atoms with Gasteiger partial charge in [0, 0.05) is 37.1 Å². The lowest BCUT2D eigenvalue weighted by Gasteiger charge is -2.34. The van der Waals surface area contributed by atoms with Gasteiger partial charge in [0.25, 0.3) is 5.91 Å². The van der Waals surface area contributed by atoms with Crippen LogP contribution in [0.3, 0.4) is 0 Å². The second-order valence-corrected chi connectivity index (χ2v) is 7.53. The van der Waals surface area contributed by atoms with Crippen molar-refractivity contribution in [2.45, 2.75) is 31.8 Å². The monoisotopic (exact) mass is 359 g/mol. The summed E-state index contributed by atoms with van der Waals surface area (Å²) in [6, 6.07) is 5.64. The highest BCUT2D eigenvalue weighted by molar-refractivity contribution is 7.10. The maximum atomic E-state index is 12.5. The van der Waals surface area contributed by atoms with Crippen molar-refractivity contribution in [2.24, 2.45) is 0 Å². The topological polar surface area (TPSA) is 65.8 Å². The lowest BCUT2D eigenvalue weighted by molar-refractivity contribution is 0.0674. The zero-order chi connectivity index (χ0) is 17.2. The normalized spacial score (nSPS) is 18.1. The van der Waals surface area contributed by atoms with Crippen molar-refractivity contribution in [3.05, 3.63) is 46.0 Å². The van der Waals surface area contributed by atoms with Gasteiger partial charge < -0.3 is 19.5 Å². The van der Waals surface area contributed by atoms with Crippen LogP contribution in [-0.2, 0) is 13.0 Å². The molecule has 2 aliphatic heterocycles. The number of carbonyl (C=O) groups excluding carboxylic acids is 2. The molecule has 2 aromatic heterocycles. The summed E-state index contributed by atoms with van der Waals surface area (Å²) in [5.74, 6) is 0.304. The van der Waals surface area contributed by atoms with E-state index < -0.39 is 0 Å². The zero-order valence-electron chi connectivity index (χ0n) is 13.9. The number of nitrogens with zero attached hydrogens (tertiary/aromatic N) is 2. The molecule has 3 amide bonds. The SMILES string of the molecule is O=C(NC1CCN(C(=O)c2ccco2)CC1)N1CCc2sccc2C1. The number of likely N-dealkylation sites (tertiary alicyclic amines) is 1. The average molecular weight is 359 g/mol. The predicted octanol–water partition coefficient (Wildman–Crippen LogP) is 2.71. The van der Waals surface area contributed by atoms with Gasteiger partial charge in [-0.1, -0.05) is 0 Å². The van der Waals surface area contributed by atoms with Gasteiger partial charge in [0.1, 0.15) is 0 Å². The molecule has 0 aromatic carbocycles. The Kier molecular flexibility index (Phi) is 4.48. The number of piperidine rings is 1. The predicted molar refractivity (Wildman–Crippen MR) is 94.6 cm³/mol. The van der Waals surface area contributed by atoms with E-state index in [9.17, 15) is 9.59 Å². The number of thiophene rings is 1. The Morgan fingerprint density at radius 3 is 2.76 bits per heavy atom. The molecule has 1 N–H and O–H groups in total. The van der Waals surface area contributed by atoms with Crippen molar-refractivity contribution in [2.75, 3.05) is 19.6 Å². The van der Waals surface area contributed by atoms with Crippen LogP contribution in [0.1, 0.15) is 33.8 Å². The Labute approximate surface area is 150 Å². The summed E-state index contributed by atoms with van der Waals surface area (Å²) < 4.78 is 5.17. The van der Waals surface area contributed by atoms with Crippen molar-refractivity contribution in [3.63, 3.8) is 0 Å². The first kappa shape index (κ1) is 16.2. The van der Waals surface area contributed by atoms with Crippen LogP contribution >= 0.6 is 11.3 Å². The number of rotatable bonds is 2. The minimum atomic E-state index is -0.0733. The first-order chi connectivity index (χ1) is 12.2. The molecule has 6 nitrogen and oxygen atoms in total. The molecule has 1 fully saturated rings. The van der Waals surface area contributed by atoms with Crippen LogP contribution in [0.2, 0.25) is 0 Å². The molecule has 132 valence electrons. The van der Waals surface area contributed by atoms with Gasteiger partial charge in [0.2, 0.25) is 0 Å². The van der Waals surface area contributed by atoms with E-state index in [4.69, 9.17) is 4.42 Å². The summed E-state index contributed by atoms with van der Waals surface area (Å²) in [4.78, 5) is 29.9. The maximum absolute atomic E-state index is 12.5. The minimum Gasteiger partial charge on any atom is -0.459 e. The summed E-state index contributed by atoms with van der Waals surface area (Å²) in [5, 5.41) is 5.23. The molecule has 0 spiro atoms. The first-order valence-electron chi connectivity index (χ1n) is 8.64. The molecule has 0 saturated carbocycles. The van der Waals surface area contributed by atoms with E-state index >= 15 is 0 Å². The van der Waals surface area contributed by atoms with Gasteiger partial charge in [-0.15, -0.1) is 11.3 Å². The maximum Gasteiger partial charge on any atom is 0.317 e. The van der Waals surface area contributed by atoms with E-state index in [1.165, 1.54) is 16.7 Å². The van der Waals surface area contributed by atoms with Gasteiger partial charge in [-0.25, -0.2) is 4.79 Å². The highest BCUT2D eigenvalue weighted by Crippen LogP contribution is 2.24. The Hall–Kier alpha value is -2.28. The quantitative estimate of drug-likeness (QED) is 0.897. The van der Waals surface area contributed by atoms with E-state index in [0.717, 1.165) is 25.8 Å². The fourth-order valence-corrected chi connectivity index (χ4v) is 4.36. The van der Waals surface area contributed by atoms with Crippen LogP contribution in [-0.4, -0.2) is 47.4 Å². The molecule has 0 bridgehead atoms. The van der Waals surface area contributed by atoms with Crippen molar-refractivity contribution < 1.29 is 14.0 Å². The van der Waals surface area contributed by atoms with Gasteiger partial charge in [-0.05, 0) is 48.4 Å². The lowest BCUT2D eigenvalue weighted by Crippen LogP contribution is -2.50. The molecule has 7 heteroatoms. The number of fused-ring (bicyclic) bond motifs is 1. The van der Waals surface area contributed by atoms with E-state index in [2.05, 4.69) is 16.8 Å². The van der Waals surface area contributed by atoms with Crippen molar-refractivity contribution in [1.29, 1.82) is 0 Å². The van der Waals surface area contributed by atoms with Crippen molar-refractivity contribution >= 4 is 23.3 Å². The number of urea groups is 1. The molecule has 0 radical (unpaired) electrons. The zero-order valence-corrected chi connectivity index (χ0v) is 14.8. The third kappa shape index (κ3) is 3.42. The van der Waals surface area contributed by atoms with Crippen molar-refractivity contribution in [1.82, 2.24) is 15.1 Å². The van der Waals surface area contributed by atoms with Crippen LogP contribution in [0.15, 0.2) is 34.3 Å². The number of furan rings is 1. The second-order valence-electron chi connectivity index (χ2n) is 6.53. The van der Waals surface area contributed by atoms with E-state index in [0.29, 0.717) is 25.4 Å². The highest BCUT2D eigenvalue weighted by Gasteiger charge is 2.28. The van der Waals surface area contributed by atoms with E-state index in [1.54, 1.807) is 28.4 Å². The molecule has 4 rings (SSSR count). The van der Waals surface area contributed by atoms with E-state index in [1.807, 2.05) is 4.90 Å². The smallest absolute Gasteiger partial charge is 0.317 e. The molecule has 2 aromatic rings. The standard InChI is InChI=1S/C18H21N3O3S/c22-17(15-2-1-10-24-15)20-7-3-14(4-8-20)19-18(23)21-9-5-16-13(12-21)6-11-25-16/h1-2,6,10-11,14H,3-5,7-9,12H2,(H,19,23). The highest BCUT2D eigenvalue weighted by atomic mass is 32.1. The number of nitrogens with one attached hydrogen (secondary N) is 1. The van der Waals surface area contributed by atoms with Gasteiger partial charge in [0.05, 0.1) is 6.26 Å².